The summed E-state index contributed by atoms with van der Waals surface area (Å²) < 4.78 is 13.6. The van der Waals surface area contributed by atoms with E-state index in [2.05, 4.69) is 5.32 Å². The van der Waals surface area contributed by atoms with Gasteiger partial charge in [0.2, 0.25) is 11.8 Å². The molecule has 0 unspecified atom stereocenters. The fraction of sp³-hybridized carbons (Fsp3) is 0.176. The maximum atomic E-state index is 13.6. The summed E-state index contributed by atoms with van der Waals surface area (Å²) in [5, 5.41) is 3.32. The standard InChI is InChI=1S/C17H15Cl2FN2O2/c1-22(17(24)8-11-4-2-3-5-15(11)20)10-16(23)21-12-6-7-13(18)14(19)9-12/h2-7,9H,8,10H2,1H3,(H,21,23). The third-order valence-corrected chi connectivity index (χ3v) is 4.05. The Labute approximate surface area is 149 Å². The molecule has 0 aliphatic rings. The van der Waals surface area contributed by atoms with Gasteiger partial charge in [-0.05, 0) is 29.8 Å². The lowest BCUT2D eigenvalue weighted by atomic mass is 10.1. The molecule has 24 heavy (non-hydrogen) atoms. The molecule has 4 nitrogen and oxygen atoms in total. The molecule has 0 saturated carbocycles. The van der Waals surface area contributed by atoms with Gasteiger partial charge in [0.25, 0.3) is 0 Å². The van der Waals surface area contributed by atoms with Crippen molar-refractivity contribution >= 4 is 40.7 Å². The van der Waals surface area contributed by atoms with E-state index >= 15 is 0 Å². The van der Waals surface area contributed by atoms with E-state index in [4.69, 9.17) is 23.2 Å². The average molecular weight is 369 g/mol. The Kier molecular flexibility index (Phi) is 6.17. The highest BCUT2D eigenvalue weighted by atomic mass is 35.5. The van der Waals surface area contributed by atoms with Crippen LogP contribution in [0.15, 0.2) is 42.5 Å². The van der Waals surface area contributed by atoms with Crippen LogP contribution >= 0.6 is 23.2 Å². The minimum Gasteiger partial charge on any atom is -0.336 e. The predicted octanol–water partition coefficient (Wildman–Crippen LogP) is 3.77. The first-order chi connectivity index (χ1) is 11.4. The minimum atomic E-state index is -0.445. The normalized spacial score (nSPS) is 10.3. The SMILES string of the molecule is CN(CC(=O)Nc1ccc(Cl)c(Cl)c1)C(=O)Cc1ccccc1F. The van der Waals surface area contributed by atoms with Crippen molar-refractivity contribution in [3.63, 3.8) is 0 Å². The Morgan fingerprint density at radius 3 is 2.50 bits per heavy atom. The van der Waals surface area contributed by atoms with Crippen molar-refractivity contribution in [1.29, 1.82) is 0 Å². The van der Waals surface area contributed by atoms with Gasteiger partial charge in [-0.3, -0.25) is 9.59 Å². The monoisotopic (exact) mass is 368 g/mol. The highest BCUT2D eigenvalue weighted by Gasteiger charge is 2.15. The average Bonchev–Trinajstić information content (AvgIpc) is 2.53. The zero-order valence-corrected chi connectivity index (χ0v) is 14.4. The van der Waals surface area contributed by atoms with Crippen LogP contribution < -0.4 is 5.32 Å². The van der Waals surface area contributed by atoms with E-state index in [-0.39, 0.29) is 18.9 Å². The van der Waals surface area contributed by atoms with Crippen LogP contribution in [0.4, 0.5) is 10.1 Å². The number of carbonyl (C=O) groups is 2. The van der Waals surface area contributed by atoms with Crippen LogP contribution in [0.25, 0.3) is 0 Å². The molecule has 0 atom stereocenters. The molecule has 0 aliphatic carbocycles. The predicted molar refractivity (Wildman–Crippen MR) is 92.8 cm³/mol. The molecule has 1 N–H and O–H groups in total. The molecule has 2 rings (SSSR count). The zero-order valence-electron chi connectivity index (χ0n) is 12.9. The molecular formula is C17H15Cl2FN2O2. The number of likely N-dealkylation sites (N-methyl/N-ethyl adjacent to an activating group) is 1. The number of hydrogen-bond donors (Lipinski definition) is 1. The summed E-state index contributed by atoms with van der Waals surface area (Å²) in [6.07, 6.45) is -0.108. The fourth-order valence-electron chi connectivity index (χ4n) is 2.02. The molecule has 0 fully saturated rings. The van der Waals surface area contributed by atoms with Crippen LogP contribution in [-0.2, 0) is 16.0 Å². The Hall–Kier alpha value is -2.11. The number of carbonyl (C=O) groups excluding carboxylic acids is 2. The topological polar surface area (TPSA) is 49.4 Å². The smallest absolute Gasteiger partial charge is 0.243 e. The van der Waals surface area contributed by atoms with Crippen LogP contribution in [0.1, 0.15) is 5.56 Å². The maximum Gasteiger partial charge on any atom is 0.243 e. The lowest BCUT2D eigenvalue weighted by molar-refractivity contribution is -0.132. The van der Waals surface area contributed by atoms with Gasteiger partial charge in [0.15, 0.2) is 0 Å². The van der Waals surface area contributed by atoms with Gasteiger partial charge in [-0.2, -0.15) is 0 Å². The lowest BCUT2D eigenvalue weighted by Gasteiger charge is -2.17. The van der Waals surface area contributed by atoms with Gasteiger partial charge in [0.1, 0.15) is 5.82 Å². The Morgan fingerprint density at radius 2 is 1.83 bits per heavy atom. The van der Waals surface area contributed by atoms with Crippen LogP contribution in [0.2, 0.25) is 10.0 Å². The van der Waals surface area contributed by atoms with Gasteiger partial charge in [0.05, 0.1) is 23.0 Å². The van der Waals surface area contributed by atoms with Gasteiger partial charge in [-0.1, -0.05) is 41.4 Å². The van der Waals surface area contributed by atoms with Crippen molar-refractivity contribution in [2.75, 3.05) is 18.9 Å². The van der Waals surface area contributed by atoms with Crippen molar-refractivity contribution < 1.29 is 14.0 Å². The second-order valence-corrected chi connectivity index (χ2v) is 6.01. The van der Waals surface area contributed by atoms with E-state index in [1.165, 1.54) is 30.1 Å². The van der Waals surface area contributed by atoms with E-state index in [1.807, 2.05) is 0 Å². The Balaban J connectivity index is 1.92. The molecule has 0 saturated heterocycles. The van der Waals surface area contributed by atoms with E-state index < -0.39 is 11.7 Å². The highest BCUT2D eigenvalue weighted by Crippen LogP contribution is 2.24. The molecular weight excluding hydrogens is 354 g/mol. The van der Waals surface area contributed by atoms with Crippen molar-refractivity contribution in [1.82, 2.24) is 4.90 Å². The summed E-state index contributed by atoms with van der Waals surface area (Å²) in [5.41, 5.74) is 0.767. The molecule has 126 valence electrons. The summed E-state index contributed by atoms with van der Waals surface area (Å²) in [7, 11) is 1.48. The quantitative estimate of drug-likeness (QED) is 0.872. The van der Waals surface area contributed by atoms with Crippen LogP contribution in [0.5, 0.6) is 0 Å². The number of nitrogens with one attached hydrogen (secondary N) is 1. The van der Waals surface area contributed by atoms with Crippen molar-refractivity contribution in [3.8, 4) is 0 Å². The van der Waals surface area contributed by atoms with Gasteiger partial charge in [-0.15, -0.1) is 0 Å². The summed E-state index contributed by atoms with van der Waals surface area (Å²) in [6.45, 7) is -0.159. The van der Waals surface area contributed by atoms with E-state index in [9.17, 15) is 14.0 Å². The summed E-state index contributed by atoms with van der Waals surface area (Å²) in [6, 6.07) is 10.7. The summed E-state index contributed by atoms with van der Waals surface area (Å²) in [4.78, 5) is 25.3. The number of hydrogen-bond acceptors (Lipinski definition) is 2. The van der Waals surface area contributed by atoms with Gasteiger partial charge in [0, 0.05) is 12.7 Å². The molecule has 2 amide bonds. The number of rotatable bonds is 5. The molecule has 2 aromatic carbocycles. The fourth-order valence-corrected chi connectivity index (χ4v) is 2.32. The first kappa shape index (κ1) is 18.2. The van der Waals surface area contributed by atoms with Crippen molar-refractivity contribution in [2.24, 2.45) is 0 Å². The number of nitrogens with zero attached hydrogens (tertiary/aromatic N) is 1. The first-order valence-electron chi connectivity index (χ1n) is 7.09. The second-order valence-electron chi connectivity index (χ2n) is 5.20. The number of amides is 2. The molecule has 0 spiro atoms. The molecule has 2 aromatic rings. The summed E-state index contributed by atoms with van der Waals surface area (Å²) >= 11 is 11.7. The number of halogens is 3. The van der Waals surface area contributed by atoms with Crippen LogP contribution in [0, 0.1) is 5.82 Å². The van der Waals surface area contributed by atoms with Crippen LogP contribution in [0.3, 0.4) is 0 Å². The third kappa shape index (κ3) is 4.94. The highest BCUT2D eigenvalue weighted by molar-refractivity contribution is 6.42. The van der Waals surface area contributed by atoms with Gasteiger partial charge in [-0.25, -0.2) is 4.39 Å². The molecule has 0 aliphatic heterocycles. The van der Waals surface area contributed by atoms with E-state index in [0.717, 1.165) is 0 Å². The second kappa shape index (κ2) is 8.13. The molecule has 0 bridgehead atoms. The third-order valence-electron chi connectivity index (χ3n) is 3.31. The largest absolute Gasteiger partial charge is 0.336 e. The maximum absolute atomic E-state index is 13.6. The molecule has 0 radical (unpaired) electrons. The summed E-state index contributed by atoms with van der Waals surface area (Å²) in [5.74, 6) is -1.19. The Bertz CT molecular complexity index is 768. The minimum absolute atomic E-state index is 0.108. The molecule has 7 heteroatoms. The van der Waals surface area contributed by atoms with Crippen molar-refractivity contribution in [2.45, 2.75) is 6.42 Å². The molecule has 0 aromatic heterocycles. The Morgan fingerprint density at radius 1 is 1.12 bits per heavy atom. The van der Waals surface area contributed by atoms with E-state index in [1.54, 1.807) is 24.3 Å². The number of benzene rings is 2. The zero-order chi connectivity index (χ0) is 17.7. The molecule has 0 heterocycles. The van der Waals surface area contributed by atoms with Gasteiger partial charge < -0.3 is 10.2 Å². The number of anilines is 1. The lowest BCUT2D eigenvalue weighted by Crippen LogP contribution is -2.35. The van der Waals surface area contributed by atoms with Crippen LogP contribution in [-0.4, -0.2) is 30.3 Å². The van der Waals surface area contributed by atoms with Gasteiger partial charge >= 0.3 is 0 Å². The van der Waals surface area contributed by atoms with E-state index in [0.29, 0.717) is 21.3 Å². The first-order valence-corrected chi connectivity index (χ1v) is 7.84. The van der Waals surface area contributed by atoms with Crippen molar-refractivity contribution in [3.05, 3.63) is 63.9 Å².